The fourth-order valence-corrected chi connectivity index (χ4v) is 2.70. The minimum Gasteiger partial charge on any atom is -0.396 e. The summed E-state index contributed by atoms with van der Waals surface area (Å²) in [5.74, 6) is -0.152. The maximum absolute atomic E-state index is 12.2. The molecule has 8 heteroatoms. The number of nitrogens with zero attached hydrogens (tertiary/aromatic N) is 4. The zero-order valence-electron chi connectivity index (χ0n) is 13.5. The van der Waals surface area contributed by atoms with Gasteiger partial charge < -0.3 is 10.6 Å². The molecule has 2 aromatic heterocycles. The monoisotopic (exact) mass is 345 g/mol. The number of hydrogen-bond acceptors (Lipinski definition) is 6. The first kappa shape index (κ1) is 16.2. The molecule has 0 bridgehead atoms. The highest BCUT2D eigenvalue weighted by molar-refractivity contribution is 6.33. The van der Waals surface area contributed by atoms with Crippen molar-refractivity contribution >= 4 is 34.4 Å². The molecule has 0 aliphatic heterocycles. The zero-order chi connectivity index (χ0) is 17.4. The summed E-state index contributed by atoms with van der Waals surface area (Å²) in [6.45, 7) is 1.85. The normalized spacial score (nSPS) is 11.0. The van der Waals surface area contributed by atoms with Crippen LogP contribution in [0.5, 0.6) is 0 Å². The van der Waals surface area contributed by atoms with Gasteiger partial charge in [0.15, 0.2) is 5.52 Å². The number of halogens is 1. The van der Waals surface area contributed by atoms with Gasteiger partial charge >= 0.3 is 0 Å². The number of fused-ring (bicyclic) bond motifs is 1. The Kier molecular flexibility index (Phi) is 4.11. The van der Waals surface area contributed by atoms with E-state index in [0.29, 0.717) is 33.9 Å². The smallest absolute Gasteiger partial charge is 0.254 e. The van der Waals surface area contributed by atoms with Crippen molar-refractivity contribution in [2.45, 2.75) is 13.3 Å². The summed E-state index contributed by atoms with van der Waals surface area (Å²) in [7, 11) is 3.37. The number of benzene rings is 1. The Morgan fingerprint density at radius 3 is 2.79 bits per heavy atom. The standard InChI is InChI=1S/C16H16ClN5O2/c1-8-10(13(18)14-15(19-8)21-24-20-14)6-9-4-5-12(17)11(7-9)16(23)22(2)3/h4-5,7H,6,18H2,1-3H3. The lowest BCUT2D eigenvalue weighted by Gasteiger charge is -2.14. The van der Waals surface area contributed by atoms with Crippen LogP contribution in [0.4, 0.5) is 5.69 Å². The number of pyridine rings is 1. The Bertz CT molecular complexity index is 936. The number of amides is 1. The Morgan fingerprint density at radius 1 is 1.33 bits per heavy atom. The van der Waals surface area contributed by atoms with E-state index in [0.717, 1.165) is 16.8 Å². The number of nitrogen functional groups attached to an aromatic ring is 1. The molecule has 1 aromatic carbocycles. The van der Waals surface area contributed by atoms with Gasteiger partial charge in [-0.05, 0) is 34.9 Å². The third-order valence-electron chi connectivity index (χ3n) is 3.81. The van der Waals surface area contributed by atoms with Crippen LogP contribution in [0.25, 0.3) is 11.2 Å². The molecule has 1 amide bonds. The average Bonchev–Trinajstić information content (AvgIpc) is 3.00. The topological polar surface area (TPSA) is 98.1 Å². The molecular weight excluding hydrogens is 330 g/mol. The van der Waals surface area contributed by atoms with Crippen molar-refractivity contribution in [2.24, 2.45) is 0 Å². The van der Waals surface area contributed by atoms with Crippen LogP contribution in [0.2, 0.25) is 5.02 Å². The minimum absolute atomic E-state index is 0.152. The summed E-state index contributed by atoms with van der Waals surface area (Å²) in [6, 6.07) is 5.34. The lowest BCUT2D eigenvalue weighted by molar-refractivity contribution is 0.0827. The number of aryl methyl sites for hydroxylation is 1. The quantitative estimate of drug-likeness (QED) is 0.783. The second kappa shape index (κ2) is 6.09. The molecule has 24 heavy (non-hydrogen) atoms. The van der Waals surface area contributed by atoms with Crippen LogP contribution < -0.4 is 5.73 Å². The fraction of sp³-hybridized carbons (Fsp3) is 0.250. The zero-order valence-corrected chi connectivity index (χ0v) is 14.3. The molecule has 0 atom stereocenters. The summed E-state index contributed by atoms with van der Waals surface area (Å²) in [5.41, 5.74) is 10.4. The molecule has 0 aliphatic rings. The SMILES string of the molecule is Cc1nc2nonc2c(N)c1Cc1ccc(Cl)c(C(=O)N(C)C)c1. The highest BCUT2D eigenvalue weighted by Crippen LogP contribution is 2.27. The number of aromatic nitrogens is 3. The van der Waals surface area contributed by atoms with Gasteiger partial charge in [-0.25, -0.2) is 9.61 Å². The number of nitrogens with two attached hydrogens (primary N) is 1. The van der Waals surface area contributed by atoms with Crippen molar-refractivity contribution in [1.29, 1.82) is 0 Å². The van der Waals surface area contributed by atoms with E-state index in [1.54, 1.807) is 26.2 Å². The van der Waals surface area contributed by atoms with Crippen molar-refractivity contribution in [3.05, 3.63) is 45.6 Å². The van der Waals surface area contributed by atoms with Crippen LogP contribution in [0.1, 0.15) is 27.2 Å². The van der Waals surface area contributed by atoms with Gasteiger partial charge in [-0.2, -0.15) is 0 Å². The summed E-state index contributed by atoms with van der Waals surface area (Å²) in [6.07, 6.45) is 0.498. The number of rotatable bonds is 3. The number of carbonyl (C=O) groups is 1. The molecule has 0 unspecified atom stereocenters. The molecular formula is C16H16ClN5O2. The third-order valence-corrected chi connectivity index (χ3v) is 4.14. The molecule has 0 aliphatic carbocycles. The van der Waals surface area contributed by atoms with E-state index in [1.165, 1.54) is 4.90 Å². The van der Waals surface area contributed by atoms with E-state index in [9.17, 15) is 4.79 Å². The summed E-state index contributed by atoms with van der Waals surface area (Å²) in [5, 5.41) is 7.91. The van der Waals surface area contributed by atoms with Crippen LogP contribution in [0, 0.1) is 6.92 Å². The lowest BCUT2D eigenvalue weighted by atomic mass is 9.99. The first-order chi connectivity index (χ1) is 11.4. The van der Waals surface area contributed by atoms with Crippen molar-refractivity contribution in [3.63, 3.8) is 0 Å². The Morgan fingerprint density at radius 2 is 2.08 bits per heavy atom. The van der Waals surface area contributed by atoms with Crippen molar-refractivity contribution in [3.8, 4) is 0 Å². The van der Waals surface area contributed by atoms with E-state index in [-0.39, 0.29) is 5.91 Å². The largest absolute Gasteiger partial charge is 0.396 e. The molecule has 0 radical (unpaired) electrons. The van der Waals surface area contributed by atoms with Crippen molar-refractivity contribution in [2.75, 3.05) is 19.8 Å². The number of carbonyl (C=O) groups excluding carboxylic acids is 1. The highest BCUT2D eigenvalue weighted by atomic mass is 35.5. The predicted molar refractivity (Wildman–Crippen MR) is 91.0 cm³/mol. The molecule has 3 aromatic rings. The molecule has 2 heterocycles. The Balaban J connectivity index is 2.03. The van der Waals surface area contributed by atoms with Gasteiger partial charge in [-0.3, -0.25) is 4.79 Å². The summed E-state index contributed by atoms with van der Waals surface area (Å²) < 4.78 is 4.69. The second-order valence-corrected chi connectivity index (χ2v) is 6.12. The van der Waals surface area contributed by atoms with E-state index in [2.05, 4.69) is 19.9 Å². The number of anilines is 1. The number of hydrogen-bond donors (Lipinski definition) is 1. The fourth-order valence-electron chi connectivity index (χ4n) is 2.51. The molecule has 3 rings (SSSR count). The van der Waals surface area contributed by atoms with E-state index < -0.39 is 0 Å². The van der Waals surface area contributed by atoms with Gasteiger partial charge in [0.05, 0.1) is 16.3 Å². The van der Waals surface area contributed by atoms with Gasteiger partial charge in [0, 0.05) is 31.8 Å². The van der Waals surface area contributed by atoms with Gasteiger partial charge in [-0.1, -0.05) is 17.7 Å². The van der Waals surface area contributed by atoms with Crippen LogP contribution >= 0.6 is 11.6 Å². The molecule has 124 valence electrons. The molecule has 0 spiro atoms. The molecule has 7 nitrogen and oxygen atoms in total. The molecule has 0 fully saturated rings. The maximum atomic E-state index is 12.2. The summed E-state index contributed by atoms with van der Waals surface area (Å²) in [4.78, 5) is 18.1. The third kappa shape index (κ3) is 2.78. The minimum atomic E-state index is -0.152. The van der Waals surface area contributed by atoms with E-state index >= 15 is 0 Å². The first-order valence-electron chi connectivity index (χ1n) is 7.25. The van der Waals surface area contributed by atoms with Gasteiger partial charge in [0.25, 0.3) is 5.91 Å². The average molecular weight is 346 g/mol. The highest BCUT2D eigenvalue weighted by Gasteiger charge is 2.17. The lowest BCUT2D eigenvalue weighted by Crippen LogP contribution is -2.22. The van der Waals surface area contributed by atoms with Crippen molar-refractivity contribution < 1.29 is 9.42 Å². The van der Waals surface area contributed by atoms with Gasteiger partial charge in [0.1, 0.15) is 0 Å². The van der Waals surface area contributed by atoms with Crippen LogP contribution in [-0.2, 0) is 6.42 Å². The van der Waals surface area contributed by atoms with Gasteiger partial charge in [0.2, 0.25) is 5.65 Å². The maximum Gasteiger partial charge on any atom is 0.254 e. The molecule has 0 saturated carbocycles. The second-order valence-electron chi connectivity index (χ2n) is 5.72. The van der Waals surface area contributed by atoms with Crippen LogP contribution in [0.15, 0.2) is 22.8 Å². The molecule has 2 N–H and O–H groups in total. The van der Waals surface area contributed by atoms with Crippen LogP contribution in [-0.4, -0.2) is 40.2 Å². The first-order valence-corrected chi connectivity index (χ1v) is 7.63. The Hall–Kier alpha value is -2.67. The summed E-state index contributed by atoms with van der Waals surface area (Å²) >= 11 is 6.15. The van der Waals surface area contributed by atoms with Crippen molar-refractivity contribution in [1.82, 2.24) is 20.2 Å². The Labute approximate surface area is 143 Å². The van der Waals surface area contributed by atoms with E-state index in [4.69, 9.17) is 17.3 Å². The van der Waals surface area contributed by atoms with Gasteiger partial charge in [-0.15, -0.1) is 0 Å². The predicted octanol–water partition coefficient (Wildman–Crippen LogP) is 2.45. The molecule has 0 saturated heterocycles. The van der Waals surface area contributed by atoms with Crippen LogP contribution in [0.3, 0.4) is 0 Å². The van der Waals surface area contributed by atoms with E-state index in [1.807, 2.05) is 13.0 Å².